The molecular weight excluding hydrogens is 192 g/mol. The molecule has 1 aliphatic rings. The third-order valence-electron chi connectivity index (χ3n) is 3.34. The van der Waals surface area contributed by atoms with E-state index in [0.717, 1.165) is 32.5 Å². The Morgan fingerprint density at radius 2 is 2.33 bits per heavy atom. The Bertz CT molecular complexity index is 178. The van der Waals surface area contributed by atoms with Crippen molar-refractivity contribution >= 4 is 0 Å². The molecule has 4 heteroatoms. The van der Waals surface area contributed by atoms with Crippen molar-refractivity contribution in [2.45, 2.75) is 31.8 Å². The highest BCUT2D eigenvalue weighted by Gasteiger charge is 2.30. The van der Waals surface area contributed by atoms with Crippen LogP contribution in [0.5, 0.6) is 0 Å². The number of hydrogen-bond donors (Lipinski definition) is 2. The lowest BCUT2D eigenvalue weighted by Crippen LogP contribution is -2.49. The molecule has 0 aromatic heterocycles. The zero-order valence-electron chi connectivity index (χ0n) is 9.85. The molecule has 0 aromatic carbocycles. The molecule has 1 saturated heterocycles. The van der Waals surface area contributed by atoms with Crippen molar-refractivity contribution in [3.05, 3.63) is 0 Å². The van der Waals surface area contributed by atoms with E-state index in [1.165, 1.54) is 0 Å². The van der Waals surface area contributed by atoms with E-state index >= 15 is 0 Å². The normalized spacial score (nSPS) is 26.8. The second kappa shape index (κ2) is 6.43. The molecule has 0 saturated carbocycles. The predicted molar refractivity (Wildman–Crippen MR) is 60.7 cm³/mol. The van der Waals surface area contributed by atoms with Gasteiger partial charge in [0.25, 0.3) is 0 Å². The van der Waals surface area contributed by atoms with Crippen LogP contribution in [0.1, 0.15) is 19.8 Å². The molecule has 0 aromatic rings. The average molecular weight is 216 g/mol. The second-order valence-electron chi connectivity index (χ2n) is 4.43. The first kappa shape index (κ1) is 12.9. The summed E-state index contributed by atoms with van der Waals surface area (Å²) in [6, 6.07) is 0.202. The highest BCUT2D eigenvalue weighted by Crippen LogP contribution is 2.20. The maximum atomic E-state index is 9.35. The lowest BCUT2D eigenvalue weighted by Gasteiger charge is -2.30. The van der Waals surface area contributed by atoms with Crippen molar-refractivity contribution in [1.82, 2.24) is 4.90 Å². The van der Waals surface area contributed by atoms with Crippen LogP contribution in [0, 0.1) is 5.92 Å². The summed E-state index contributed by atoms with van der Waals surface area (Å²) in [5.41, 5.74) is 5.99. The van der Waals surface area contributed by atoms with Gasteiger partial charge in [0, 0.05) is 25.7 Å². The van der Waals surface area contributed by atoms with Gasteiger partial charge in [0.05, 0.1) is 13.2 Å². The van der Waals surface area contributed by atoms with E-state index < -0.39 is 0 Å². The molecule has 15 heavy (non-hydrogen) atoms. The van der Waals surface area contributed by atoms with E-state index in [0.29, 0.717) is 5.92 Å². The van der Waals surface area contributed by atoms with Crippen LogP contribution in [-0.2, 0) is 4.74 Å². The first-order valence-corrected chi connectivity index (χ1v) is 5.82. The Morgan fingerprint density at radius 1 is 1.60 bits per heavy atom. The average Bonchev–Trinajstić information content (AvgIpc) is 2.68. The molecule has 1 rings (SSSR count). The summed E-state index contributed by atoms with van der Waals surface area (Å²) in [6.07, 6.45) is 2.07. The van der Waals surface area contributed by atoms with E-state index in [2.05, 4.69) is 11.8 Å². The zero-order chi connectivity index (χ0) is 11.3. The van der Waals surface area contributed by atoms with Gasteiger partial charge in [0.2, 0.25) is 0 Å². The van der Waals surface area contributed by atoms with Crippen molar-refractivity contribution in [3.8, 4) is 0 Å². The maximum absolute atomic E-state index is 9.35. The summed E-state index contributed by atoms with van der Waals surface area (Å²) >= 11 is 0. The van der Waals surface area contributed by atoms with Crippen LogP contribution in [0.2, 0.25) is 0 Å². The van der Waals surface area contributed by atoms with Gasteiger partial charge in [-0.05, 0) is 25.3 Å². The van der Waals surface area contributed by atoms with Crippen LogP contribution in [-0.4, -0.2) is 55.5 Å². The van der Waals surface area contributed by atoms with Crippen molar-refractivity contribution in [2.75, 3.05) is 33.4 Å². The molecule has 3 atom stereocenters. The lowest BCUT2D eigenvalue weighted by atomic mass is 10.1. The Kier molecular flexibility index (Phi) is 5.53. The summed E-state index contributed by atoms with van der Waals surface area (Å²) in [7, 11) is 1.74. The van der Waals surface area contributed by atoms with Gasteiger partial charge in [-0.1, -0.05) is 6.92 Å². The van der Waals surface area contributed by atoms with E-state index in [-0.39, 0.29) is 18.7 Å². The van der Waals surface area contributed by atoms with Crippen LogP contribution in [0.25, 0.3) is 0 Å². The number of aliphatic hydroxyl groups excluding tert-OH is 1. The summed E-state index contributed by atoms with van der Waals surface area (Å²) < 4.78 is 5.15. The molecule has 90 valence electrons. The number of rotatable bonds is 6. The first-order chi connectivity index (χ1) is 7.22. The Hall–Kier alpha value is -0.160. The number of likely N-dealkylation sites (tertiary alicyclic amines) is 1. The van der Waals surface area contributed by atoms with Gasteiger partial charge < -0.3 is 15.6 Å². The number of aliphatic hydroxyl groups is 1. The van der Waals surface area contributed by atoms with Crippen LogP contribution in [0.3, 0.4) is 0 Å². The zero-order valence-corrected chi connectivity index (χ0v) is 9.85. The topological polar surface area (TPSA) is 58.7 Å². The summed E-state index contributed by atoms with van der Waals surface area (Å²) in [5, 5.41) is 9.35. The third-order valence-corrected chi connectivity index (χ3v) is 3.34. The fraction of sp³-hybridized carbons (Fsp3) is 1.00. The van der Waals surface area contributed by atoms with Crippen LogP contribution in [0.4, 0.5) is 0 Å². The minimum absolute atomic E-state index is 0.0799. The Labute approximate surface area is 92.4 Å². The molecule has 3 unspecified atom stereocenters. The van der Waals surface area contributed by atoms with Gasteiger partial charge in [-0.3, -0.25) is 4.90 Å². The molecule has 0 bridgehead atoms. The molecule has 4 nitrogen and oxygen atoms in total. The molecule has 0 spiro atoms. The van der Waals surface area contributed by atoms with Gasteiger partial charge in [0.1, 0.15) is 0 Å². The fourth-order valence-corrected chi connectivity index (χ4v) is 2.33. The molecular formula is C11H24N2O2. The number of nitrogens with two attached hydrogens (primary N) is 1. The standard InChI is InChI=1S/C11H24N2O2/c1-3-10(12)11(7-14)13-5-4-9(6-13)8-15-2/h9-11,14H,3-8,12H2,1-2H3. The molecule has 1 fully saturated rings. The fourth-order valence-electron chi connectivity index (χ4n) is 2.33. The number of hydrogen-bond acceptors (Lipinski definition) is 4. The van der Waals surface area contributed by atoms with Crippen molar-refractivity contribution in [3.63, 3.8) is 0 Å². The van der Waals surface area contributed by atoms with E-state index in [4.69, 9.17) is 10.5 Å². The SMILES string of the molecule is CCC(N)C(CO)N1CCC(COC)C1. The molecule has 1 aliphatic heterocycles. The quantitative estimate of drug-likeness (QED) is 0.659. The third kappa shape index (κ3) is 3.41. The van der Waals surface area contributed by atoms with Crippen LogP contribution in [0.15, 0.2) is 0 Å². The van der Waals surface area contributed by atoms with Gasteiger partial charge in [-0.25, -0.2) is 0 Å². The van der Waals surface area contributed by atoms with Crippen LogP contribution < -0.4 is 5.73 Å². The predicted octanol–water partition coefficient (Wildman–Crippen LogP) is 0.0529. The van der Waals surface area contributed by atoms with Gasteiger partial charge in [0.15, 0.2) is 0 Å². The van der Waals surface area contributed by atoms with Crippen molar-refractivity contribution in [2.24, 2.45) is 11.7 Å². The molecule has 3 N–H and O–H groups in total. The minimum atomic E-state index is 0.0799. The lowest BCUT2D eigenvalue weighted by molar-refractivity contribution is 0.108. The van der Waals surface area contributed by atoms with Crippen LogP contribution >= 0.6 is 0 Å². The Morgan fingerprint density at radius 3 is 2.87 bits per heavy atom. The molecule has 0 amide bonds. The monoisotopic (exact) mass is 216 g/mol. The molecule has 1 heterocycles. The minimum Gasteiger partial charge on any atom is -0.395 e. The van der Waals surface area contributed by atoms with Gasteiger partial charge in [-0.15, -0.1) is 0 Å². The van der Waals surface area contributed by atoms with Crippen molar-refractivity contribution in [1.29, 1.82) is 0 Å². The van der Waals surface area contributed by atoms with E-state index in [1.807, 2.05) is 0 Å². The first-order valence-electron chi connectivity index (χ1n) is 5.82. The maximum Gasteiger partial charge on any atom is 0.0601 e. The van der Waals surface area contributed by atoms with E-state index in [1.54, 1.807) is 7.11 Å². The largest absolute Gasteiger partial charge is 0.395 e. The second-order valence-corrected chi connectivity index (χ2v) is 4.43. The molecule has 0 aliphatic carbocycles. The number of ether oxygens (including phenoxy) is 1. The number of nitrogens with zero attached hydrogens (tertiary/aromatic N) is 1. The van der Waals surface area contributed by atoms with Gasteiger partial charge in [-0.2, -0.15) is 0 Å². The van der Waals surface area contributed by atoms with Gasteiger partial charge >= 0.3 is 0 Å². The van der Waals surface area contributed by atoms with E-state index in [9.17, 15) is 5.11 Å². The summed E-state index contributed by atoms with van der Waals surface area (Å²) in [6.45, 7) is 5.08. The highest BCUT2D eigenvalue weighted by molar-refractivity contribution is 4.86. The number of methoxy groups -OCH3 is 1. The summed E-state index contributed by atoms with van der Waals surface area (Å²) in [4.78, 5) is 2.30. The molecule has 0 radical (unpaired) electrons. The summed E-state index contributed by atoms with van der Waals surface area (Å²) in [5.74, 6) is 0.605. The van der Waals surface area contributed by atoms with Crippen molar-refractivity contribution < 1.29 is 9.84 Å². The Balaban J connectivity index is 2.42. The smallest absolute Gasteiger partial charge is 0.0601 e. The highest BCUT2D eigenvalue weighted by atomic mass is 16.5.